The van der Waals surface area contributed by atoms with Crippen LogP contribution in [0.3, 0.4) is 0 Å². The molecule has 1 fully saturated rings. The van der Waals surface area contributed by atoms with E-state index in [1.165, 1.54) is 0 Å². The Kier molecular flexibility index (Phi) is 6.50. The number of pyridine rings is 1. The van der Waals surface area contributed by atoms with Gasteiger partial charge >= 0.3 is 0 Å². The van der Waals surface area contributed by atoms with Crippen molar-refractivity contribution in [2.75, 3.05) is 18.4 Å². The van der Waals surface area contributed by atoms with Crippen molar-refractivity contribution in [2.45, 2.75) is 33.3 Å². The second-order valence-electron chi connectivity index (χ2n) is 8.12. The molecular weight excluding hydrogens is 402 g/mol. The predicted molar refractivity (Wildman–Crippen MR) is 124 cm³/mol. The molecule has 0 unspecified atom stereocenters. The van der Waals surface area contributed by atoms with Crippen LogP contribution < -0.4 is 10.1 Å². The van der Waals surface area contributed by atoms with Crippen LogP contribution in [0.4, 0.5) is 5.69 Å². The number of hydrogen-bond acceptors (Lipinski definition) is 4. The maximum absolute atomic E-state index is 12.8. The van der Waals surface area contributed by atoms with Crippen molar-refractivity contribution in [1.29, 1.82) is 0 Å². The van der Waals surface area contributed by atoms with Gasteiger partial charge in [0.1, 0.15) is 12.4 Å². The summed E-state index contributed by atoms with van der Waals surface area (Å²) in [5.74, 6) is 0.623. The molecule has 4 rings (SSSR count). The SMILES string of the molecule is Cc1cc(C(=O)Nc2ccc(C(=O)N3CCCC3)cc2)cc(C)c1OCc1cccnc1. The summed E-state index contributed by atoms with van der Waals surface area (Å²) in [5, 5.41) is 2.91. The van der Waals surface area contributed by atoms with Gasteiger partial charge in [0.15, 0.2) is 0 Å². The summed E-state index contributed by atoms with van der Waals surface area (Å²) >= 11 is 0. The number of nitrogens with one attached hydrogen (secondary N) is 1. The Labute approximate surface area is 188 Å². The van der Waals surface area contributed by atoms with E-state index in [2.05, 4.69) is 10.3 Å². The third-order valence-electron chi connectivity index (χ3n) is 5.61. The van der Waals surface area contributed by atoms with Crippen LogP contribution in [-0.4, -0.2) is 34.8 Å². The normalized spacial score (nSPS) is 13.1. The highest BCUT2D eigenvalue weighted by molar-refractivity contribution is 6.05. The van der Waals surface area contributed by atoms with Gasteiger partial charge in [-0.3, -0.25) is 14.6 Å². The second kappa shape index (κ2) is 9.64. The number of aryl methyl sites for hydroxylation is 2. The van der Waals surface area contributed by atoms with Gasteiger partial charge in [0.05, 0.1) is 0 Å². The van der Waals surface area contributed by atoms with Gasteiger partial charge in [0.2, 0.25) is 0 Å². The molecule has 2 aromatic carbocycles. The smallest absolute Gasteiger partial charge is 0.255 e. The van der Waals surface area contributed by atoms with Crippen molar-refractivity contribution in [3.63, 3.8) is 0 Å². The number of aromatic nitrogens is 1. The average Bonchev–Trinajstić information content (AvgIpc) is 3.34. The summed E-state index contributed by atoms with van der Waals surface area (Å²) in [4.78, 5) is 31.2. The fourth-order valence-electron chi connectivity index (χ4n) is 3.95. The van der Waals surface area contributed by atoms with E-state index in [1.54, 1.807) is 36.7 Å². The largest absolute Gasteiger partial charge is 0.488 e. The first kappa shape index (κ1) is 21.6. The van der Waals surface area contributed by atoms with Crippen LogP contribution >= 0.6 is 0 Å². The molecule has 1 N–H and O–H groups in total. The Morgan fingerprint density at radius 3 is 2.31 bits per heavy atom. The van der Waals surface area contributed by atoms with Crippen molar-refractivity contribution in [3.8, 4) is 5.75 Å². The number of carbonyl (C=O) groups is 2. The quantitative estimate of drug-likeness (QED) is 0.613. The van der Waals surface area contributed by atoms with E-state index in [4.69, 9.17) is 4.74 Å². The molecule has 0 atom stereocenters. The zero-order chi connectivity index (χ0) is 22.5. The molecule has 32 heavy (non-hydrogen) atoms. The van der Waals surface area contributed by atoms with E-state index in [-0.39, 0.29) is 11.8 Å². The first-order valence-corrected chi connectivity index (χ1v) is 10.8. The fourth-order valence-corrected chi connectivity index (χ4v) is 3.95. The Hall–Kier alpha value is -3.67. The topological polar surface area (TPSA) is 71.5 Å². The third kappa shape index (κ3) is 4.97. The first-order chi connectivity index (χ1) is 15.5. The number of carbonyl (C=O) groups excluding carboxylic acids is 2. The minimum absolute atomic E-state index is 0.0495. The Bertz CT molecular complexity index is 1080. The molecule has 0 radical (unpaired) electrons. The number of likely N-dealkylation sites (tertiary alicyclic amines) is 1. The molecule has 6 nitrogen and oxygen atoms in total. The minimum Gasteiger partial charge on any atom is -0.488 e. The van der Waals surface area contributed by atoms with Gasteiger partial charge in [0.25, 0.3) is 11.8 Å². The zero-order valence-electron chi connectivity index (χ0n) is 18.4. The molecule has 0 spiro atoms. The number of rotatable bonds is 6. The van der Waals surface area contributed by atoms with Crippen molar-refractivity contribution >= 4 is 17.5 Å². The lowest BCUT2D eigenvalue weighted by Gasteiger charge is -2.16. The molecule has 0 aliphatic carbocycles. The third-order valence-corrected chi connectivity index (χ3v) is 5.61. The van der Waals surface area contributed by atoms with Crippen molar-refractivity contribution in [2.24, 2.45) is 0 Å². The maximum Gasteiger partial charge on any atom is 0.255 e. The number of nitrogens with zero attached hydrogens (tertiary/aromatic N) is 2. The standard InChI is InChI=1S/C26H27N3O3/c1-18-14-22(15-19(2)24(18)32-17-20-6-5-11-27-16-20)25(30)28-23-9-7-21(8-10-23)26(31)29-12-3-4-13-29/h5-11,14-16H,3-4,12-13,17H2,1-2H3,(H,28,30). The van der Waals surface area contributed by atoms with E-state index in [9.17, 15) is 9.59 Å². The van der Waals surface area contributed by atoms with Gasteiger partial charge in [-0.05, 0) is 80.3 Å². The Morgan fingerprint density at radius 1 is 1.00 bits per heavy atom. The van der Waals surface area contributed by atoms with E-state index >= 15 is 0 Å². The second-order valence-corrected chi connectivity index (χ2v) is 8.12. The number of hydrogen-bond donors (Lipinski definition) is 1. The van der Waals surface area contributed by atoms with E-state index < -0.39 is 0 Å². The highest BCUT2D eigenvalue weighted by Crippen LogP contribution is 2.26. The Morgan fingerprint density at radius 2 is 1.69 bits per heavy atom. The molecule has 1 aromatic heterocycles. The molecule has 3 aromatic rings. The van der Waals surface area contributed by atoms with Crippen LogP contribution in [0, 0.1) is 13.8 Å². The van der Waals surface area contributed by atoms with Gasteiger partial charge in [0, 0.05) is 47.9 Å². The highest BCUT2D eigenvalue weighted by atomic mass is 16.5. The summed E-state index contributed by atoms with van der Waals surface area (Å²) in [6.45, 7) is 5.92. The molecule has 1 aliphatic rings. The number of benzene rings is 2. The number of anilines is 1. The summed E-state index contributed by atoms with van der Waals surface area (Å²) in [6, 6.07) is 14.6. The monoisotopic (exact) mass is 429 g/mol. The van der Waals surface area contributed by atoms with Crippen molar-refractivity contribution < 1.29 is 14.3 Å². The maximum atomic E-state index is 12.8. The van der Waals surface area contributed by atoms with Gasteiger partial charge in [-0.2, -0.15) is 0 Å². The van der Waals surface area contributed by atoms with Crippen molar-refractivity contribution in [3.05, 3.63) is 88.7 Å². The summed E-state index contributed by atoms with van der Waals surface area (Å²) < 4.78 is 5.98. The number of amides is 2. The van der Waals surface area contributed by atoms with Crippen molar-refractivity contribution in [1.82, 2.24) is 9.88 Å². The molecule has 1 aliphatic heterocycles. The first-order valence-electron chi connectivity index (χ1n) is 10.8. The lowest BCUT2D eigenvalue weighted by atomic mass is 10.0. The summed E-state index contributed by atoms with van der Waals surface area (Å²) in [7, 11) is 0. The van der Waals surface area contributed by atoms with E-state index in [0.717, 1.165) is 48.4 Å². The minimum atomic E-state index is -0.200. The molecule has 164 valence electrons. The predicted octanol–water partition coefficient (Wildman–Crippen LogP) is 4.77. The van der Waals surface area contributed by atoms with Gasteiger partial charge in [-0.15, -0.1) is 0 Å². The lowest BCUT2D eigenvalue weighted by molar-refractivity contribution is 0.0792. The Balaban J connectivity index is 1.41. The molecular formula is C26H27N3O3. The zero-order valence-corrected chi connectivity index (χ0v) is 18.4. The van der Waals surface area contributed by atoms with Crippen LogP contribution in [0.25, 0.3) is 0 Å². The molecule has 0 bridgehead atoms. The molecule has 6 heteroatoms. The van der Waals surface area contributed by atoms with Crippen LogP contribution in [0.15, 0.2) is 60.9 Å². The molecule has 0 saturated carbocycles. The fraction of sp³-hybridized carbons (Fsp3) is 0.269. The van der Waals surface area contributed by atoms with Gasteiger partial charge in [-0.25, -0.2) is 0 Å². The summed E-state index contributed by atoms with van der Waals surface area (Å²) in [6.07, 6.45) is 5.63. The summed E-state index contributed by atoms with van der Waals surface area (Å²) in [5.41, 5.74) is 4.63. The van der Waals surface area contributed by atoms with E-state index in [0.29, 0.717) is 23.4 Å². The highest BCUT2D eigenvalue weighted by Gasteiger charge is 2.19. The van der Waals surface area contributed by atoms with Gasteiger partial charge in [-0.1, -0.05) is 6.07 Å². The van der Waals surface area contributed by atoms with Gasteiger partial charge < -0.3 is 15.0 Å². The molecule has 2 amide bonds. The van der Waals surface area contributed by atoms with Crippen LogP contribution in [0.1, 0.15) is 50.2 Å². The van der Waals surface area contributed by atoms with E-state index in [1.807, 2.05) is 43.0 Å². The average molecular weight is 430 g/mol. The molecule has 2 heterocycles. The van der Waals surface area contributed by atoms with Crippen LogP contribution in [0.5, 0.6) is 5.75 Å². The lowest BCUT2D eigenvalue weighted by Crippen LogP contribution is -2.27. The van der Waals surface area contributed by atoms with Crippen LogP contribution in [-0.2, 0) is 6.61 Å². The number of ether oxygens (including phenoxy) is 1. The molecule has 1 saturated heterocycles. The van der Waals surface area contributed by atoms with Crippen LogP contribution in [0.2, 0.25) is 0 Å².